The largest absolute Gasteiger partial charge is 0.334 e. The molecule has 0 atom stereocenters. The molecule has 0 aromatic heterocycles. The average Bonchev–Trinajstić information content (AvgIpc) is 2.54. The Morgan fingerprint density at radius 2 is 1.70 bits per heavy atom. The van der Waals surface area contributed by atoms with Crippen molar-refractivity contribution in [1.82, 2.24) is 10.6 Å². The van der Waals surface area contributed by atoms with E-state index in [-0.39, 0.29) is 12.2 Å². The van der Waals surface area contributed by atoms with E-state index < -0.39 is 23.6 Å². The summed E-state index contributed by atoms with van der Waals surface area (Å²) in [5.74, 6) is -2.24. The molecule has 0 aliphatic rings. The third-order valence-corrected chi connectivity index (χ3v) is 2.91. The minimum atomic E-state index is -0.883. The Bertz CT molecular complexity index is 693. The number of carbonyl (C=O) groups excluding carboxylic acids is 2. The highest BCUT2D eigenvalue weighted by Crippen LogP contribution is 2.14. The van der Waals surface area contributed by atoms with Crippen molar-refractivity contribution in [1.29, 1.82) is 0 Å². The summed E-state index contributed by atoms with van der Waals surface area (Å²) in [5.41, 5.74) is 0.767. The van der Waals surface area contributed by atoms with Crippen LogP contribution in [0.3, 0.4) is 0 Å². The summed E-state index contributed by atoms with van der Waals surface area (Å²) in [7, 11) is 0. The molecule has 0 saturated carbocycles. The summed E-state index contributed by atoms with van der Waals surface area (Å²) in [6.45, 7) is -0.0156. The lowest BCUT2D eigenvalue weighted by atomic mass is 10.2. The van der Waals surface area contributed by atoms with Crippen LogP contribution in [-0.2, 0) is 11.3 Å². The maximum absolute atomic E-state index is 13.4. The van der Waals surface area contributed by atoms with Crippen molar-refractivity contribution in [2.24, 2.45) is 0 Å². The summed E-state index contributed by atoms with van der Waals surface area (Å²) in [6.07, 6.45) is 0. The fourth-order valence-electron chi connectivity index (χ4n) is 1.79. The quantitative estimate of drug-likeness (QED) is 0.792. The van der Waals surface area contributed by atoms with Gasteiger partial charge in [-0.2, -0.15) is 0 Å². The van der Waals surface area contributed by atoms with Gasteiger partial charge in [-0.15, -0.1) is 0 Å². The zero-order valence-corrected chi connectivity index (χ0v) is 12.1. The number of nitrogens with one attached hydrogen (secondary N) is 3. The second kappa shape index (κ2) is 7.88. The van der Waals surface area contributed by atoms with Crippen LogP contribution in [0.4, 0.5) is 19.3 Å². The minimum Gasteiger partial charge on any atom is -0.334 e. The van der Waals surface area contributed by atoms with E-state index in [0.717, 1.165) is 17.7 Å². The first-order chi connectivity index (χ1) is 11.0. The molecule has 2 aromatic rings. The molecule has 0 unspecified atom stereocenters. The van der Waals surface area contributed by atoms with Gasteiger partial charge in [-0.1, -0.05) is 30.3 Å². The topological polar surface area (TPSA) is 70.2 Å². The van der Waals surface area contributed by atoms with Crippen LogP contribution in [0.1, 0.15) is 5.56 Å². The Morgan fingerprint density at radius 1 is 0.957 bits per heavy atom. The molecule has 2 rings (SSSR count). The highest BCUT2D eigenvalue weighted by atomic mass is 19.1. The number of carbonyl (C=O) groups is 2. The van der Waals surface area contributed by atoms with Crippen LogP contribution in [-0.4, -0.2) is 18.5 Å². The van der Waals surface area contributed by atoms with Gasteiger partial charge in [-0.3, -0.25) is 4.79 Å². The Hall–Kier alpha value is -2.96. The Morgan fingerprint density at radius 3 is 2.39 bits per heavy atom. The third-order valence-electron chi connectivity index (χ3n) is 2.91. The van der Waals surface area contributed by atoms with Crippen LogP contribution in [0.25, 0.3) is 0 Å². The summed E-state index contributed by atoms with van der Waals surface area (Å²) >= 11 is 0. The van der Waals surface area contributed by atoms with E-state index in [1.807, 2.05) is 30.3 Å². The number of benzene rings is 2. The van der Waals surface area contributed by atoms with Gasteiger partial charge in [0.25, 0.3) is 0 Å². The number of anilines is 1. The van der Waals surface area contributed by atoms with E-state index in [9.17, 15) is 18.4 Å². The van der Waals surface area contributed by atoms with E-state index in [0.29, 0.717) is 12.6 Å². The molecule has 0 aliphatic heterocycles. The zero-order valence-electron chi connectivity index (χ0n) is 12.1. The van der Waals surface area contributed by atoms with Gasteiger partial charge < -0.3 is 16.0 Å². The molecule has 0 aliphatic carbocycles. The predicted molar refractivity (Wildman–Crippen MR) is 81.7 cm³/mol. The van der Waals surface area contributed by atoms with Crippen LogP contribution in [0.5, 0.6) is 0 Å². The molecular formula is C16H15F2N3O2. The van der Waals surface area contributed by atoms with Gasteiger partial charge in [0.2, 0.25) is 5.91 Å². The molecule has 23 heavy (non-hydrogen) atoms. The molecule has 3 N–H and O–H groups in total. The van der Waals surface area contributed by atoms with Crippen LogP contribution in [0, 0.1) is 11.6 Å². The first-order valence-corrected chi connectivity index (χ1v) is 6.85. The second-order valence-electron chi connectivity index (χ2n) is 4.69. The average molecular weight is 319 g/mol. The minimum absolute atomic E-state index is 0.150. The van der Waals surface area contributed by atoms with Crippen molar-refractivity contribution in [3.05, 3.63) is 65.7 Å². The van der Waals surface area contributed by atoms with Crippen molar-refractivity contribution >= 4 is 17.6 Å². The number of amides is 3. The van der Waals surface area contributed by atoms with Crippen LogP contribution in [0.15, 0.2) is 48.5 Å². The third kappa shape index (κ3) is 5.39. The lowest BCUT2D eigenvalue weighted by molar-refractivity contribution is -0.115. The number of hydrogen-bond donors (Lipinski definition) is 3. The summed E-state index contributed by atoms with van der Waals surface area (Å²) in [6, 6.07) is 11.5. The number of hydrogen-bond acceptors (Lipinski definition) is 2. The Labute approximate surface area is 131 Å². The van der Waals surface area contributed by atoms with Gasteiger partial charge in [0.1, 0.15) is 11.6 Å². The molecular weight excluding hydrogens is 304 g/mol. The molecule has 0 spiro atoms. The highest BCUT2D eigenvalue weighted by Gasteiger charge is 2.09. The fraction of sp³-hybridized carbons (Fsp3) is 0.125. The molecule has 7 heteroatoms. The maximum Gasteiger partial charge on any atom is 0.315 e. The lowest BCUT2D eigenvalue weighted by Gasteiger charge is -2.09. The number of rotatable bonds is 5. The van der Waals surface area contributed by atoms with Crippen molar-refractivity contribution in [3.8, 4) is 0 Å². The van der Waals surface area contributed by atoms with Crippen molar-refractivity contribution < 1.29 is 18.4 Å². The first-order valence-electron chi connectivity index (χ1n) is 6.85. The van der Waals surface area contributed by atoms with E-state index in [1.54, 1.807) is 0 Å². The zero-order chi connectivity index (χ0) is 16.7. The SMILES string of the molecule is O=C(CNC(=O)NCc1ccccc1)Nc1ccc(F)cc1F. The predicted octanol–water partition coefficient (Wildman–Crippen LogP) is 2.40. The molecule has 0 radical (unpaired) electrons. The summed E-state index contributed by atoms with van der Waals surface area (Å²) in [5, 5.41) is 7.17. The molecule has 2 aromatic carbocycles. The maximum atomic E-state index is 13.4. The van der Waals surface area contributed by atoms with E-state index in [4.69, 9.17) is 0 Å². The van der Waals surface area contributed by atoms with Crippen molar-refractivity contribution in [2.75, 3.05) is 11.9 Å². The van der Waals surface area contributed by atoms with E-state index >= 15 is 0 Å². The van der Waals surface area contributed by atoms with Gasteiger partial charge in [-0.25, -0.2) is 13.6 Å². The monoisotopic (exact) mass is 319 g/mol. The smallest absolute Gasteiger partial charge is 0.315 e. The van der Waals surface area contributed by atoms with Gasteiger partial charge >= 0.3 is 6.03 Å². The molecule has 0 bridgehead atoms. The molecule has 5 nitrogen and oxygen atoms in total. The van der Waals surface area contributed by atoms with Gasteiger partial charge in [0.05, 0.1) is 12.2 Å². The summed E-state index contributed by atoms with van der Waals surface area (Å²) in [4.78, 5) is 23.2. The van der Waals surface area contributed by atoms with Crippen LogP contribution < -0.4 is 16.0 Å². The normalized spacial score (nSPS) is 10.0. The molecule has 0 saturated heterocycles. The van der Waals surface area contributed by atoms with Crippen LogP contribution in [0.2, 0.25) is 0 Å². The van der Waals surface area contributed by atoms with Crippen molar-refractivity contribution in [3.63, 3.8) is 0 Å². The van der Waals surface area contributed by atoms with Crippen LogP contribution >= 0.6 is 0 Å². The molecule has 0 fully saturated rings. The van der Waals surface area contributed by atoms with E-state index in [1.165, 1.54) is 0 Å². The van der Waals surface area contributed by atoms with E-state index in [2.05, 4.69) is 16.0 Å². The first kappa shape index (κ1) is 16.4. The molecule has 0 heterocycles. The van der Waals surface area contributed by atoms with Crippen molar-refractivity contribution in [2.45, 2.75) is 6.54 Å². The fourth-order valence-corrected chi connectivity index (χ4v) is 1.79. The molecule has 120 valence electrons. The Kier molecular flexibility index (Phi) is 5.62. The highest BCUT2D eigenvalue weighted by molar-refractivity contribution is 5.94. The lowest BCUT2D eigenvalue weighted by Crippen LogP contribution is -2.39. The summed E-state index contributed by atoms with van der Waals surface area (Å²) < 4.78 is 26.1. The number of halogens is 2. The second-order valence-corrected chi connectivity index (χ2v) is 4.69. The molecule has 3 amide bonds. The van der Waals surface area contributed by atoms with Gasteiger partial charge in [-0.05, 0) is 17.7 Å². The number of urea groups is 1. The Balaban J connectivity index is 1.74. The standard InChI is InChI=1S/C16H15F2N3O2/c17-12-6-7-14(13(18)8-12)21-15(22)10-20-16(23)19-9-11-4-2-1-3-5-11/h1-8H,9-10H2,(H,21,22)(H2,19,20,23). The van der Waals surface area contributed by atoms with Gasteiger partial charge in [0, 0.05) is 12.6 Å². The van der Waals surface area contributed by atoms with Gasteiger partial charge in [0.15, 0.2) is 0 Å².